The molecule has 0 aromatic heterocycles. The maximum Gasteiger partial charge on any atom is 0.319 e. The largest absolute Gasteiger partial charge is 0.480 e. The van der Waals surface area contributed by atoms with Crippen molar-refractivity contribution < 1.29 is 9.90 Å². The molecule has 76 valence electrons. The second kappa shape index (κ2) is 4.60. The Morgan fingerprint density at radius 2 is 2.00 bits per heavy atom. The molecule has 0 saturated carbocycles. The molecule has 1 aliphatic rings. The number of hydrogen-bond donors (Lipinski definition) is 1. The fraction of sp³-hybridized carbons (Fsp3) is 0.889. The predicted octanol–water partition coefficient (Wildman–Crippen LogP) is 2.48. The summed E-state index contributed by atoms with van der Waals surface area (Å²) >= 11 is 3.48. The first-order valence-corrected chi connectivity index (χ1v) is 6.59. The van der Waals surface area contributed by atoms with Crippen LogP contribution in [0, 0.1) is 0 Å². The average Bonchev–Trinajstić information content (AvgIpc) is 2.04. The van der Waals surface area contributed by atoms with E-state index in [1.54, 1.807) is 11.8 Å². The summed E-state index contributed by atoms with van der Waals surface area (Å²) in [5, 5.41) is 9.61. The first-order chi connectivity index (χ1) is 6.07. The van der Waals surface area contributed by atoms with Crippen LogP contribution in [-0.4, -0.2) is 32.6 Å². The minimum Gasteiger partial charge on any atom is -0.480 e. The molecule has 1 saturated heterocycles. The second-order valence-electron chi connectivity index (χ2n) is 3.58. The number of aliphatic carboxylic acids is 1. The van der Waals surface area contributed by atoms with Gasteiger partial charge in [0.15, 0.2) is 0 Å². The lowest BCUT2D eigenvalue weighted by atomic mass is 10.0. The zero-order valence-electron chi connectivity index (χ0n) is 8.08. The van der Waals surface area contributed by atoms with E-state index in [1.165, 1.54) is 0 Å². The van der Waals surface area contributed by atoms with Crippen molar-refractivity contribution in [3.05, 3.63) is 0 Å². The average molecular weight is 220 g/mol. The lowest BCUT2D eigenvalue weighted by Crippen LogP contribution is -2.39. The lowest BCUT2D eigenvalue weighted by molar-refractivity contribution is -0.140. The summed E-state index contributed by atoms with van der Waals surface area (Å²) in [6.45, 7) is 4.13. The van der Waals surface area contributed by atoms with Crippen molar-refractivity contribution in [2.24, 2.45) is 0 Å². The van der Waals surface area contributed by atoms with Crippen molar-refractivity contribution in [2.45, 2.75) is 36.7 Å². The van der Waals surface area contributed by atoms with Crippen molar-refractivity contribution in [3.63, 3.8) is 0 Å². The topological polar surface area (TPSA) is 37.3 Å². The quantitative estimate of drug-likeness (QED) is 0.793. The minimum absolute atomic E-state index is 0.402. The normalized spacial score (nSPS) is 21.8. The third kappa shape index (κ3) is 2.81. The molecule has 0 unspecified atom stereocenters. The van der Waals surface area contributed by atoms with Crippen molar-refractivity contribution >= 4 is 29.5 Å². The van der Waals surface area contributed by atoms with Gasteiger partial charge in [-0.05, 0) is 24.3 Å². The highest BCUT2D eigenvalue weighted by atomic mass is 32.2. The molecule has 1 rings (SSSR count). The highest BCUT2D eigenvalue weighted by Gasteiger charge is 2.40. The Balaban J connectivity index is 2.67. The summed E-state index contributed by atoms with van der Waals surface area (Å²) in [6, 6.07) is 0. The highest BCUT2D eigenvalue weighted by Crippen LogP contribution is 2.41. The molecule has 1 N–H and O–H groups in total. The molecule has 0 aliphatic carbocycles. The monoisotopic (exact) mass is 220 g/mol. The summed E-state index contributed by atoms with van der Waals surface area (Å²) < 4.78 is -0.487. The van der Waals surface area contributed by atoms with Crippen molar-refractivity contribution in [1.82, 2.24) is 0 Å². The third-order valence-electron chi connectivity index (χ3n) is 2.15. The summed E-state index contributed by atoms with van der Waals surface area (Å²) in [5.74, 6) is 1.37. The van der Waals surface area contributed by atoms with Crippen LogP contribution >= 0.6 is 23.5 Å². The highest BCUT2D eigenvalue weighted by molar-refractivity contribution is 8.02. The SMILES string of the molecule is CC(C)SC1(C(=O)O)CCSCC1. The van der Waals surface area contributed by atoms with Gasteiger partial charge in [-0.3, -0.25) is 4.79 Å². The zero-order valence-corrected chi connectivity index (χ0v) is 9.71. The van der Waals surface area contributed by atoms with Gasteiger partial charge in [-0.25, -0.2) is 0 Å². The lowest BCUT2D eigenvalue weighted by Gasteiger charge is -2.33. The van der Waals surface area contributed by atoms with Crippen LogP contribution in [0.4, 0.5) is 0 Å². The zero-order chi connectivity index (χ0) is 9.90. The van der Waals surface area contributed by atoms with Crippen LogP contribution in [0.3, 0.4) is 0 Å². The molecule has 13 heavy (non-hydrogen) atoms. The molecule has 0 aromatic carbocycles. The molecule has 0 aromatic rings. The summed E-state index contributed by atoms with van der Waals surface area (Å²) in [6.07, 6.45) is 1.63. The molecule has 0 atom stereocenters. The first kappa shape index (κ1) is 11.2. The maximum atomic E-state index is 11.2. The van der Waals surface area contributed by atoms with Crippen LogP contribution in [0.15, 0.2) is 0 Å². The smallest absolute Gasteiger partial charge is 0.319 e. The Morgan fingerprint density at radius 1 is 1.46 bits per heavy atom. The molecule has 1 heterocycles. The second-order valence-corrected chi connectivity index (χ2v) is 6.76. The Hall–Kier alpha value is 0.170. The van der Waals surface area contributed by atoms with Crippen LogP contribution in [-0.2, 0) is 4.79 Å². The number of carboxylic acid groups (broad SMARTS) is 1. The standard InChI is InChI=1S/C9H16O2S2/c1-7(2)13-9(8(10)11)3-5-12-6-4-9/h7H,3-6H2,1-2H3,(H,10,11). The van der Waals surface area contributed by atoms with E-state index in [-0.39, 0.29) is 0 Å². The van der Waals surface area contributed by atoms with Crippen LogP contribution in [0.1, 0.15) is 26.7 Å². The van der Waals surface area contributed by atoms with Crippen LogP contribution < -0.4 is 0 Å². The Kier molecular flexibility index (Phi) is 3.98. The molecule has 4 heteroatoms. The van der Waals surface area contributed by atoms with Gasteiger partial charge in [0, 0.05) is 5.25 Å². The van der Waals surface area contributed by atoms with Crippen LogP contribution in [0.25, 0.3) is 0 Å². The molecule has 1 aliphatic heterocycles. The van der Waals surface area contributed by atoms with Gasteiger partial charge >= 0.3 is 5.97 Å². The molecule has 0 amide bonds. The van der Waals surface area contributed by atoms with Gasteiger partial charge in [0.1, 0.15) is 4.75 Å². The summed E-state index contributed by atoms with van der Waals surface area (Å²) in [4.78, 5) is 11.2. The number of rotatable bonds is 3. The summed E-state index contributed by atoms with van der Waals surface area (Å²) in [5.41, 5.74) is 0. The molecule has 2 nitrogen and oxygen atoms in total. The van der Waals surface area contributed by atoms with Crippen LogP contribution in [0.2, 0.25) is 0 Å². The fourth-order valence-electron chi connectivity index (χ4n) is 1.53. The van der Waals surface area contributed by atoms with Crippen LogP contribution in [0.5, 0.6) is 0 Å². The van der Waals surface area contributed by atoms with Gasteiger partial charge < -0.3 is 5.11 Å². The van der Waals surface area contributed by atoms with E-state index in [1.807, 2.05) is 11.8 Å². The number of carbonyl (C=O) groups is 1. The first-order valence-electron chi connectivity index (χ1n) is 4.56. The molecular formula is C9H16O2S2. The number of hydrogen-bond acceptors (Lipinski definition) is 3. The van der Waals surface area contributed by atoms with E-state index >= 15 is 0 Å². The third-order valence-corrected chi connectivity index (χ3v) is 4.64. The van der Waals surface area contributed by atoms with Gasteiger partial charge in [0.25, 0.3) is 0 Å². The Labute approximate surface area is 87.9 Å². The van der Waals surface area contributed by atoms with Gasteiger partial charge in [0.05, 0.1) is 0 Å². The molecule has 0 radical (unpaired) electrons. The van der Waals surface area contributed by atoms with E-state index < -0.39 is 10.7 Å². The number of thioether (sulfide) groups is 2. The van der Waals surface area contributed by atoms with E-state index in [2.05, 4.69) is 13.8 Å². The van der Waals surface area contributed by atoms with E-state index in [9.17, 15) is 9.90 Å². The number of carboxylic acids is 1. The van der Waals surface area contributed by atoms with E-state index in [0.29, 0.717) is 5.25 Å². The van der Waals surface area contributed by atoms with Gasteiger partial charge in [-0.2, -0.15) is 11.8 Å². The van der Waals surface area contributed by atoms with Gasteiger partial charge in [0.2, 0.25) is 0 Å². The van der Waals surface area contributed by atoms with Crippen molar-refractivity contribution in [2.75, 3.05) is 11.5 Å². The van der Waals surface area contributed by atoms with E-state index in [0.717, 1.165) is 24.3 Å². The predicted molar refractivity (Wildman–Crippen MR) is 59.7 cm³/mol. The molecular weight excluding hydrogens is 204 g/mol. The van der Waals surface area contributed by atoms with Gasteiger partial charge in [-0.1, -0.05) is 13.8 Å². The van der Waals surface area contributed by atoms with Gasteiger partial charge in [-0.15, -0.1) is 11.8 Å². The molecule has 0 bridgehead atoms. The van der Waals surface area contributed by atoms with Crippen molar-refractivity contribution in [3.8, 4) is 0 Å². The molecule has 1 fully saturated rings. The van der Waals surface area contributed by atoms with Crippen molar-refractivity contribution in [1.29, 1.82) is 0 Å². The van der Waals surface area contributed by atoms with E-state index in [4.69, 9.17) is 0 Å². The molecule has 0 spiro atoms. The fourth-order valence-corrected chi connectivity index (χ4v) is 4.43. The minimum atomic E-state index is -0.619. The Bertz CT molecular complexity index is 186. The summed E-state index contributed by atoms with van der Waals surface area (Å²) in [7, 11) is 0. The maximum absolute atomic E-state index is 11.2. The Morgan fingerprint density at radius 3 is 2.38 bits per heavy atom.